The van der Waals surface area contributed by atoms with Crippen LogP contribution in [0.3, 0.4) is 0 Å². The predicted molar refractivity (Wildman–Crippen MR) is 92.8 cm³/mol. The molecule has 4 N–H and O–H groups in total. The normalized spacial score (nSPS) is 12.4. The lowest BCUT2D eigenvalue weighted by molar-refractivity contribution is -0.137. The van der Waals surface area contributed by atoms with E-state index in [1.807, 2.05) is 0 Å². The van der Waals surface area contributed by atoms with Crippen molar-refractivity contribution in [1.29, 1.82) is 0 Å². The van der Waals surface area contributed by atoms with Crippen LogP contribution in [-0.4, -0.2) is 38.9 Å². The third-order valence-electron chi connectivity index (χ3n) is 3.27. The lowest BCUT2D eigenvalue weighted by Gasteiger charge is -2.12. The number of carboxylic acids is 1. The number of aromatic hydroxyl groups is 1. The quantitative estimate of drug-likeness (QED) is 0.462. The highest BCUT2D eigenvalue weighted by molar-refractivity contribution is 7.71. The zero-order chi connectivity index (χ0) is 17.7. The van der Waals surface area contributed by atoms with Gasteiger partial charge in [0.25, 0.3) is 5.56 Å². The largest absolute Gasteiger partial charge is 0.494 e. The molecule has 0 amide bonds. The molecular weight excluding hydrogens is 354 g/mol. The van der Waals surface area contributed by atoms with Gasteiger partial charge in [0.2, 0.25) is 5.88 Å². The van der Waals surface area contributed by atoms with Gasteiger partial charge in [-0.2, -0.15) is 0 Å². The van der Waals surface area contributed by atoms with Crippen LogP contribution in [0, 0.1) is 4.77 Å². The van der Waals surface area contributed by atoms with Crippen molar-refractivity contribution in [3.63, 3.8) is 0 Å². The van der Waals surface area contributed by atoms with Crippen LogP contribution in [0.25, 0.3) is 0 Å². The number of rotatable bonds is 6. The van der Waals surface area contributed by atoms with Gasteiger partial charge in [-0.25, -0.2) is 0 Å². The maximum Gasteiger partial charge on any atom is 0.304 e. The average molecular weight is 368 g/mol. The van der Waals surface area contributed by atoms with E-state index in [4.69, 9.17) is 28.9 Å². The molecule has 1 aromatic carbocycles. The maximum absolute atomic E-state index is 11.7. The van der Waals surface area contributed by atoms with Crippen molar-refractivity contribution >= 4 is 36.0 Å². The second kappa shape index (κ2) is 7.89. The Labute approximate surface area is 146 Å². The summed E-state index contributed by atoms with van der Waals surface area (Å²) in [6, 6.07) is 6.80. The fraction of sp³-hybridized carbons (Fsp3) is 0.200. The third-order valence-corrected chi connectivity index (χ3v) is 3.72. The fourth-order valence-electron chi connectivity index (χ4n) is 2.11. The molecule has 0 aliphatic heterocycles. The Morgan fingerprint density at radius 3 is 2.58 bits per heavy atom. The second-order valence-corrected chi connectivity index (χ2v) is 5.86. The van der Waals surface area contributed by atoms with Gasteiger partial charge in [-0.1, -0.05) is 23.7 Å². The van der Waals surface area contributed by atoms with Gasteiger partial charge in [0.1, 0.15) is 5.56 Å². The summed E-state index contributed by atoms with van der Waals surface area (Å²) in [5.74, 6) is -1.75. The summed E-state index contributed by atoms with van der Waals surface area (Å²) in [4.78, 5) is 31.6. The number of benzene rings is 1. The van der Waals surface area contributed by atoms with E-state index in [1.54, 1.807) is 24.3 Å². The first kappa shape index (κ1) is 17.9. The first-order chi connectivity index (χ1) is 11.4. The number of aliphatic imine (C=N–C) groups is 1. The SMILES string of the molecule is O=C(O)CC(CN=Cc1c(O)[nH]c(=S)[nH]c1=O)c1ccc(Cl)cc1. The molecule has 9 heteroatoms. The first-order valence-corrected chi connectivity index (χ1v) is 7.68. The molecule has 2 rings (SSSR count). The molecule has 0 fully saturated rings. The minimum Gasteiger partial charge on any atom is -0.494 e. The smallest absolute Gasteiger partial charge is 0.304 e. The molecule has 0 radical (unpaired) electrons. The molecule has 0 bridgehead atoms. The van der Waals surface area contributed by atoms with E-state index in [9.17, 15) is 14.7 Å². The molecule has 24 heavy (non-hydrogen) atoms. The number of hydrogen-bond acceptors (Lipinski definition) is 5. The maximum atomic E-state index is 11.7. The van der Waals surface area contributed by atoms with Gasteiger partial charge in [-0.05, 0) is 29.9 Å². The molecule has 1 heterocycles. The second-order valence-electron chi connectivity index (χ2n) is 5.01. The number of hydrogen-bond donors (Lipinski definition) is 4. The topological polar surface area (TPSA) is 119 Å². The number of halogens is 1. The molecule has 2 aromatic rings. The molecule has 1 unspecified atom stereocenters. The standard InChI is InChI=1S/C15H14ClN3O4S/c16-10-3-1-8(2-4-10)9(5-12(20)21)6-17-7-11-13(22)18-15(24)19-14(11)23/h1-4,7,9H,5-6H2,(H,20,21)(H3,18,19,22,23,24). The van der Waals surface area contributed by atoms with E-state index in [-0.39, 0.29) is 29.2 Å². The molecule has 0 spiro atoms. The molecule has 0 aliphatic carbocycles. The van der Waals surface area contributed by atoms with Crippen molar-refractivity contribution in [2.75, 3.05) is 6.54 Å². The molecule has 0 saturated carbocycles. The Morgan fingerprint density at radius 1 is 1.33 bits per heavy atom. The summed E-state index contributed by atoms with van der Waals surface area (Å²) in [5, 5.41) is 19.3. The van der Waals surface area contributed by atoms with Crippen LogP contribution >= 0.6 is 23.8 Å². The van der Waals surface area contributed by atoms with Crippen LogP contribution < -0.4 is 5.56 Å². The van der Waals surface area contributed by atoms with Gasteiger partial charge in [0, 0.05) is 23.7 Å². The Hall–Kier alpha value is -2.45. The number of aliphatic carboxylic acids is 1. The predicted octanol–water partition coefficient (Wildman–Crippen LogP) is 2.47. The molecule has 0 saturated heterocycles. The van der Waals surface area contributed by atoms with Crippen LogP contribution in [0.1, 0.15) is 23.5 Å². The van der Waals surface area contributed by atoms with Gasteiger partial charge in [0.05, 0.1) is 6.42 Å². The van der Waals surface area contributed by atoms with Gasteiger partial charge >= 0.3 is 5.97 Å². The minimum atomic E-state index is -0.963. The van der Waals surface area contributed by atoms with E-state index < -0.39 is 17.4 Å². The van der Waals surface area contributed by atoms with Crippen LogP contribution in [0.4, 0.5) is 0 Å². The van der Waals surface area contributed by atoms with Crippen molar-refractivity contribution in [1.82, 2.24) is 9.97 Å². The molecule has 1 aromatic heterocycles. The molecule has 7 nitrogen and oxygen atoms in total. The van der Waals surface area contributed by atoms with E-state index in [0.717, 1.165) is 5.56 Å². The Kier molecular flexibility index (Phi) is 5.88. The Balaban J connectivity index is 2.22. The number of carbonyl (C=O) groups is 1. The Morgan fingerprint density at radius 2 is 2.00 bits per heavy atom. The van der Waals surface area contributed by atoms with E-state index in [2.05, 4.69) is 15.0 Å². The molecule has 0 aliphatic rings. The summed E-state index contributed by atoms with van der Waals surface area (Å²) in [6.45, 7) is 0.127. The van der Waals surface area contributed by atoms with Crippen molar-refractivity contribution in [3.05, 3.63) is 55.5 Å². The molecule has 126 valence electrons. The van der Waals surface area contributed by atoms with Crippen molar-refractivity contribution < 1.29 is 15.0 Å². The summed E-state index contributed by atoms with van der Waals surface area (Å²) < 4.78 is -0.000400. The van der Waals surface area contributed by atoms with E-state index >= 15 is 0 Å². The average Bonchev–Trinajstić information content (AvgIpc) is 2.49. The number of nitrogens with zero attached hydrogens (tertiary/aromatic N) is 1. The highest BCUT2D eigenvalue weighted by Crippen LogP contribution is 2.22. The summed E-state index contributed by atoms with van der Waals surface area (Å²) in [6.07, 6.45) is 1.06. The summed E-state index contributed by atoms with van der Waals surface area (Å²) in [5.41, 5.74) is 0.111. The lowest BCUT2D eigenvalue weighted by Crippen LogP contribution is -2.14. The highest BCUT2D eigenvalue weighted by Gasteiger charge is 2.15. The minimum absolute atomic E-state index is 0.000400. The van der Waals surface area contributed by atoms with E-state index in [1.165, 1.54) is 6.21 Å². The number of aromatic nitrogens is 2. The van der Waals surface area contributed by atoms with Gasteiger partial charge in [-0.3, -0.25) is 19.6 Å². The van der Waals surface area contributed by atoms with Gasteiger partial charge in [-0.15, -0.1) is 0 Å². The zero-order valence-electron chi connectivity index (χ0n) is 12.3. The third kappa shape index (κ3) is 4.77. The van der Waals surface area contributed by atoms with Crippen molar-refractivity contribution in [2.45, 2.75) is 12.3 Å². The number of carboxylic acid groups (broad SMARTS) is 1. The van der Waals surface area contributed by atoms with Crippen LogP contribution in [0.5, 0.6) is 5.88 Å². The number of H-pyrrole nitrogens is 2. The van der Waals surface area contributed by atoms with Crippen LogP contribution in [0.15, 0.2) is 34.1 Å². The lowest BCUT2D eigenvalue weighted by atomic mass is 9.96. The molecular formula is C15H14ClN3O4S. The van der Waals surface area contributed by atoms with E-state index in [0.29, 0.717) is 5.02 Å². The van der Waals surface area contributed by atoms with Crippen LogP contribution in [-0.2, 0) is 4.79 Å². The number of aromatic amines is 2. The van der Waals surface area contributed by atoms with Crippen molar-refractivity contribution in [2.24, 2.45) is 4.99 Å². The van der Waals surface area contributed by atoms with Crippen LogP contribution in [0.2, 0.25) is 5.02 Å². The number of nitrogens with one attached hydrogen (secondary N) is 2. The fourth-order valence-corrected chi connectivity index (χ4v) is 2.42. The first-order valence-electron chi connectivity index (χ1n) is 6.89. The summed E-state index contributed by atoms with van der Waals surface area (Å²) in [7, 11) is 0. The highest BCUT2D eigenvalue weighted by atomic mass is 35.5. The monoisotopic (exact) mass is 367 g/mol. The molecule has 1 atom stereocenters. The zero-order valence-corrected chi connectivity index (χ0v) is 13.9. The van der Waals surface area contributed by atoms with Gasteiger partial charge in [0.15, 0.2) is 4.77 Å². The van der Waals surface area contributed by atoms with Gasteiger partial charge < -0.3 is 15.2 Å². The van der Waals surface area contributed by atoms with Crippen molar-refractivity contribution in [3.8, 4) is 5.88 Å². The Bertz CT molecular complexity index is 874. The summed E-state index contributed by atoms with van der Waals surface area (Å²) >= 11 is 10.6.